The first-order valence-corrected chi connectivity index (χ1v) is 11.3. The molecule has 0 aliphatic carbocycles. The minimum Gasteiger partial charge on any atom is -0.454 e. The fraction of sp³-hybridized carbons (Fsp3) is 0.273. The number of anilines is 1. The van der Waals surface area contributed by atoms with E-state index in [0.29, 0.717) is 38.8 Å². The van der Waals surface area contributed by atoms with Crippen LogP contribution in [0.15, 0.2) is 42.5 Å². The van der Waals surface area contributed by atoms with Crippen molar-refractivity contribution < 1.29 is 19.1 Å². The number of carbonyl (C=O) groups is 2. The van der Waals surface area contributed by atoms with Gasteiger partial charge < -0.3 is 19.7 Å². The van der Waals surface area contributed by atoms with E-state index < -0.39 is 0 Å². The number of hydrogen-bond donors (Lipinski definition) is 1. The maximum Gasteiger partial charge on any atom is 0.255 e. The number of nitrogens with zero attached hydrogens (tertiary/aromatic N) is 3. The van der Waals surface area contributed by atoms with Gasteiger partial charge in [0.25, 0.3) is 5.91 Å². The molecule has 1 aliphatic heterocycles. The molecule has 3 aromatic rings. The Morgan fingerprint density at radius 3 is 2.75 bits per heavy atom. The zero-order valence-electron chi connectivity index (χ0n) is 17.3. The second-order valence-corrected chi connectivity index (χ2v) is 8.44. The number of nitrogens with one attached hydrogen (secondary N) is 1. The Labute approximate surface area is 194 Å². The number of fused-ring (bicyclic) bond motifs is 1. The number of rotatable bonds is 8. The zero-order valence-corrected chi connectivity index (χ0v) is 18.9. The van der Waals surface area contributed by atoms with Crippen molar-refractivity contribution in [1.29, 1.82) is 0 Å². The summed E-state index contributed by atoms with van der Waals surface area (Å²) in [6.45, 7) is 2.98. The van der Waals surface area contributed by atoms with Crippen LogP contribution in [0.1, 0.15) is 30.1 Å². The number of ether oxygens (including phenoxy) is 2. The van der Waals surface area contributed by atoms with Crippen LogP contribution < -0.4 is 14.8 Å². The van der Waals surface area contributed by atoms with Crippen molar-refractivity contribution in [3.8, 4) is 22.1 Å². The molecule has 8 nitrogen and oxygen atoms in total. The second-order valence-electron chi connectivity index (χ2n) is 7.05. The SMILES string of the molecule is CCCN(CCC(=O)Nc1nnc(-c2ccc3c(c2)OCO3)s1)C(=O)c1ccccc1Cl. The summed E-state index contributed by atoms with van der Waals surface area (Å²) < 4.78 is 10.7. The molecule has 0 atom stereocenters. The van der Waals surface area contributed by atoms with Gasteiger partial charge in [-0.1, -0.05) is 42.0 Å². The minimum atomic E-state index is -0.244. The quantitative estimate of drug-likeness (QED) is 0.520. The van der Waals surface area contributed by atoms with E-state index in [4.69, 9.17) is 21.1 Å². The highest BCUT2D eigenvalue weighted by molar-refractivity contribution is 7.18. The van der Waals surface area contributed by atoms with Crippen molar-refractivity contribution in [3.05, 3.63) is 53.1 Å². The molecule has 1 aliphatic rings. The molecule has 32 heavy (non-hydrogen) atoms. The molecule has 0 radical (unpaired) electrons. The first kappa shape index (κ1) is 22.0. The van der Waals surface area contributed by atoms with Crippen molar-refractivity contribution in [3.63, 3.8) is 0 Å². The predicted molar refractivity (Wildman–Crippen MR) is 122 cm³/mol. The number of hydrogen-bond acceptors (Lipinski definition) is 7. The summed E-state index contributed by atoms with van der Waals surface area (Å²) in [4.78, 5) is 26.9. The van der Waals surface area contributed by atoms with Gasteiger partial charge >= 0.3 is 0 Å². The molecule has 166 valence electrons. The van der Waals surface area contributed by atoms with E-state index in [0.717, 1.165) is 12.0 Å². The zero-order chi connectivity index (χ0) is 22.5. The van der Waals surface area contributed by atoms with Gasteiger partial charge in [-0.3, -0.25) is 9.59 Å². The Morgan fingerprint density at radius 1 is 1.12 bits per heavy atom. The van der Waals surface area contributed by atoms with Crippen LogP contribution in [0.4, 0.5) is 5.13 Å². The highest BCUT2D eigenvalue weighted by Gasteiger charge is 2.20. The molecule has 0 unspecified atom stereocenters. The third kappa shape index (κ3) is 5.00. The number of aromatic nitrogens is 2. The maximum absolute atomic E-state index is 12.8. The topological polar surface area (TPSA) is 93.7 Å². The average Bonchev–Trinajstić information content (AvgIpc) is 3.45. The third-order valence-electron chi connectivity index (χ3n) is 4.78. The smallest absolute Gasteiger partial charge is 0.255 e. The first-order chi connectivity index (χ1) is 15.5. The Bertz CT molecular complexity index is 1140. The normalized spacial score (nSPS) is 11.9. The molecule has 1 aromatic heterocycles. The fourth-order valence-corrected chi connectivity index (χ4v) is 4.20. The van der Waals surface area contributed by atoms with Gasteiger partial charge in [0.1, 0.15) is 5.01 Å². The van der Waals surface area contributed by atoms with E-state index in [1.165, 1.54) is 11.3 Å². The average molecular weight is 473 g/mol. The number of carbonyl (C=O) groups excluding carboxylic acids is 2. The van der Waals surface area contributed by atoms with Gasteiger partial charge in [-0.2, -0.15) is 0 Å². The molecule has 10 heteroatoms. The van der Waals surface area contributed by atoms with Crippen LogP contribution >= 0.6 is 22.9 Å². The van der Waals surface area contributed by atoms with Crippen LogP contribution in [0.3, 0.4) is 0 Å². The summed E-state index contributed by atoms with van der Waals surface area (Å²) in [5.41, 5.74) is 1.26. The monoisotopic (exact) mass is 472 g/mol. The molecule has 4 rings (SSSR count). The van der Waals surface area contributed by atoms with Gasteiger partial charge in [0.2, 0.25) is 17.8 Å². The van der Waals surface area contributed by atoms with Gasteiger partial charge in [-0.25, -0.2) is 0 Å². The number of benzene rings is 2. The summed E-state index contributed by atoms with van der Waals surface area (Å²) in [5.74, 6) is 0.912. The summed E-state index contributed by atoms with van der Waals surface area (Å²) in [5, 5.41) is 12.4. The van der Waals surface area contributed by atoms with Crippen molar-refractivity contribution >= 4 is 39.9 Å². The number of amides is 2. The van der Waals surface area contributed by atoms with E-state index in [2.05, 4.69) is 15.5 Å². The molecule has 2 aromatic carbocycles. The highest BCUT2D eigenvalue weighted by Crippen LogP contribution is 2.37. The molecule has 0 bridgehead atoms. The standard InChI is InChI=1S/C22H21ClN4O4S/c1-2-10-27(21(29)15-5-3-4-6-16(15)23)11-9-19(28)24-22-26-25-20(32-22)14-7-8-17-18(12-14)31-13-30-17/h3-8,12H,2,9-11,13H2,1H3,(H,24,26,28). The lowest BCUT2D eigenvalue weighted by atomic mass is 10.2. The lowest BCUT2D eigenvalue weighted by molar-refractivity contribution is -0.116. The van der Waals surface area contributed by atoms with Crippen molar-refractivity contribution in [2.75, 3.05) is 25.2 Å². The first-order valence-electron chi connectivity index (χ1n) is 10.1. The minimum absolute atomic E-state index is 0.134. The lowest BCUT2D eigenvalue weighted by Crippen LogP contribution is -2.34. The van der Waals surface area contributed by atoms with Crippen LogP contribution in [0, 0.1) is 0 Å². The molecule has 0 saturated carbocycles. The molecule has 0 fully saturated rings. The van der Waals surface area contributed by atoms with Crippen LogP contribution in [0.2, 0.25) is 5.02 Å². The summed E-state index contributed by atoms with van der Waals surface area (Å²) in [7, 11) is 0. The van der Waals surface area contributed by atoms with E-state index in [1.54, 1.807) is 29.2 Å². The fourth-order valence-electron chi connectivity index (χ4n) is 3.23. The third-order valence-corrected chi connectivity index (χ3v) is 6.00. The van der Waals surface area contributed by atoms with Crippen molar-refractivity contribution in [2.45, 2.75) is 19.8 Å². The summed E-state index contributed by atoms with van der Waals surface area (Å²) in [6, 6.07) is 12.4. The van der Waals surface area contributed by atoms with Crippen LogP contribution in [-0.4, -0.2) is 46.8 Å². The van der Waals surface area contributed by atoms with Crippen molar-refractivity contribution in [1.82, 2.24) is 15.1 Å². The van der Waals surface area contributed by atoms with Crippen LogP contribution in [0.5, 0.6) is 11.5 Å². The van der Waals surface area contributed by atoms with E-state index in [-0.39, 0.29) is 31.6 Å². The van der Waals surface area contributed by atoms with E-state index >= 15 is 0 Å². The Morgan fingerprint density at radius 2 is 1.94 bits per heavy atom. The van der Waals surface area contributed by atoms with Gasteiger partial charge in [-0.05, 0) is 36.8 Å². The largest absolute Gasteiger partial charge is 0.454 e. The van der Waals surface area contributed by atoms with Gasteiger partial charge in [0.15, 0.2) is 11.5 Å². The molecule has 1 N–H and O–H groups in total. The van der Waals surface area contributed by atoms with Crippen molar-refractivity contribution in [2.24, 2.45) is 0 Å². The summed E-state index contributed by atoms with van der Waals surface area (Å²) in [6.07, 6.45) is 0.905. The van der Waals surface area contributed by atoms with E-state index in [9.17, 15) is 9.59 Å². The molecule has 0 spiro atoms. The maximum atomic E-state index is 12.8. The van der Waals surface area contributed by atoms with Crippen LogP contribution in [0.25, 0.3) is 10.6 Å². The van der Waals surface area contributed by atoms with Crippen LogP contribution in [-0.2, 0) is 4.79 Å². The molecule has 2 heterocycles. The van der Waals surface area contributed by atoms with Gasteiger partial charge in [0.05, 0.1) is 10.6 Å². The lowest BCUT2D eigenvalue weighted by Gasteiger charge is -2.22. The summed E-state index contributed by atoms with van der Waals surface area (Å²) >= 11 is 7.42. The second kappa shape index (κ2) is 9.97. The van der Waals surface area contributed by atoms with E-state index in [1.807, 2.05) is 25.1 Å². The molecular formula is C22H21ClN4O4S. The number of halogens is 1. The predicted octanol–water partition coefficient (Wildman–Crippen LogP) is 4.47. The Hall–Kier alpha value is -3.17. The highest BCUT2D eigenvalue weighted by atomic mass is 35.5. The molecule has 0 saturated heterocycles. The van der Waals surface area contributed by atoms with Gasteiger partial charge in [-0.15, -0.1) is 10.2 Å². The molecule has 2 amide bonds. The molecular weight excluding hydrogens is 452 g/mol. The Kier molecular flexibility index (Phi) is 6.87. The van der Waals surface area contributed by atoms with Gasteiger partial charge in [0, 0.05) is 25.1 Å². The Balaban J connectivity index is 1.36.